The van der Waals surface area contributed by atoms with Gasteiger partial charge in [0.15, 0.2) is 11.5 Å². The van der Waals surface area contributed by atoms with E-state index in [4.69, 9.17) is 24.1 Å². The van der Waals surface area contributed by atoms with E-state index in [1.165, 1.54) is 27.2 Å². The van der Waals surface area contributed by atoms with Gasteiger partial charge in [0.25, 0.3) is 5.56 Å². The lowest BCUT2D eigenvalue weighted by atomic mass is 9.88. The Hall–Kier alpha value is -3.69. The number of carboxylic acids is 1. The number of esters is 1. The third-order valence-electron chi connectivity index (χ3n) is 4.85. The van der Waals surface area contributed by atoms with Gasteiger partial charge in [0.2, 0.25) is 12.5 Å². The van der Waals surface area contributed by atoms with Gasteiger partial charge in [-0.15, -0.1) is 0 Å². The molecule has 0 fully saturated rings. The summed E-state index contributed by atoms with van der Waals surface area (Å²) >= 11 is 0. The summed E-state index contributed by atoms with van der Waals surface area (Å²) in [6, 6.07) is 4.44. The number of pyridine rings is 1. The van der Waals surface area contributed by atoms with Gasteiger partial charge in [-0.05, 0) is 30.7 Å². The number of carbonyl (C=O) groups excluding carboxylic acids is 1. The molecular formula is C20H21NO9. The van der Waals surface area contributed by atoms with Crippen molar-refractivity contribution >= 4 is 11.9 Å². The quantitative estimate of drug-likeness (QED) is 0.638. The van der Waals surface area contributed by atoms with Gasteiger partial charge in [0.1, 0.15) is 12.3 Å². The van der Waals surface area contributed by atoms with Gasteiger partial charge in [-0.3, -0.25) is 14.4 Å². The summed E-state index contributed by atoms with van der Waals surface area (Å²) in [5.41, 5.74) is -0.156. The molecule has 2 N–H and O–H groups in total. The minimum Gasteiger partial charge on any atom is -0.507 e. The maximum Gasteiger partial charge on any atom is 0.323 e. The summed E-state index contributed by atoms with van der Waals surface area (Å²) in [5.74, 6) is -2.08. The van der Waals surface area contributed by atoms with Gasteiger partial charge in [-0.25, -0.2) is 0 Å². The Morgan fingerprint density at radius 1 is 1.23 bits per heavy atom. The number of aromatic nitrogens is 1. The Bertz CT molecular complexity index is 1060. The molecule has 2 aromatic rings. The monoisotopic (exact) mass is 419 g/mol. The predicted octanol–water partition coefficient (Wildman–Crippen LogP) is 1.38. The zero-order chi connectivity index (χ0) is 22.0. The van der Waals surface area contributed by atoms with Gasteiger partial charge >= 0.3 is 11.9 Å². The molecule has 0 aliphatic carbocycles. The third-order valence-corrected chi connectivity index (χ3v) is 4.85. The van der Waals surface area contributed by atoms with E-state index >= 15 is 0 Å². The number of aliphatic carboxylic acids is 1. The average Bonchev–Trinajstić information content (AvgIpc) is 3.17. The number of methoxy groups -OCH3 is 2. The summed E-state index contributed by atoms with van der Waals surface area (Å²) in [4.78, 5) is 36.4. The van der Waals surface area contributed by atoms with Gasteiger partial charge in [-0.1, -0.05) is 0 Å². The largest absolute Gasteiger partial charge is 0.507 e. The molecule has 1 unspecified atom stereocenters. The number of aromatic hydroxyl groups is 1. The van der Waals surface area contributed by atoms with E-state index in [-0.39, 0.29) is 30.2 Å². The number of benzene rings is 1. The molecular weight excluding hydrogens is 398 g/mol. The highest BCUT2D eigenvalue weighted by molar-refractivity contribution is 5.72. The normalized spacial score (nSPS) is 13.0. The minimum absolute atomic E-state index is 0.0159. The lowest BCUT2D eigenvalue weighted by Crippen LogP contribution is -2.30. The first-order valence-corrected chi connectivity index (χ1v) is 8.96. The van der Waals surface area contributed by atoms with Crippen molar-refractivity contribution in [3.05, 3.63) is 45.4 Å². The van der Waals surface area contributed by atoms with Crippen molar-refractivity contribution in [2.24, 2.45) is 0 Å². The fraction of sp³-hybridized carbons (Fsp3) is 0.350. The van der Waals surface area contributed by atoms with Crippen LogP contribution < -0.4 is 19.8 Å². The van der Waals surface area contributed by atoms with E-state index in [1.54, 1.807) is 12.1 Å². The molecule has 0 spiro atoms. The highest BCUT2D eigenvalue weighted by Crippen LogP contribution is 2.45. The third kappa shape index (κ3) is 3.88. The van der Waals surface area contributed by atoms with Crippen LogP contribution in [0.2, 0.25) is 0 Å². The molecule has 0 amide bonds. The standard InChI is InChI=1S/C20H21NO9/c1-10-4-13(22)18(20(26)21(10)8-16(23)24)12(7-17(25)28-3)11-5-14(27-2)19-15(6-11)29-9-30-19/h4-6,12,22H,7-9H2,1-3H3,(H,23,24). The van der Waals surface area contributed by atoms with Crippen molar-refractivity contribution in [1.29, 1.82) is 0 Å². The maximum atomic E-state index is 13.1. The van der Waals surface area contributed by atoms with Crippen molar-refractivity contribution in [2.45, 2.75) is 25.8 Å². The maximum absolute atomic E-state index is 13.1. The van der Waals surface area contributed by atoms with Crippen LogP contribution in [0.1, 0.15) is 29.2 Å². The lowest BCUT2D eigenvalue weighted by molar-refractivity contribution is -0.141. The molecule has 160 valence electrons. The first-order valence-electron chi connectivity index (χ1n) is 8.96. The molecule has 2 heterocycles. The number of ether oxygens (including phenoxy) is 4. The Morgan fingerprint density at radius 2 is 1.97 bits per heavy atom. The molecule has 1 aliphatic heterocycles. The van der Waals surface area contributed by atoms with Gasteiger partial charge < -0.3 is 33.7 Å². The number of carbonyl (C=O) groups is 2. The molecule has 10 heteroatoms. The van der Waals surface area contributed by atoms with Crippen molar-refractivity contribution < 1.29 is 38.7 Å². The number of aryl methyl sites for hydroxylation is 1. The molecule has 0 radical (unpaired) electrons. The molecule has 30 heavy (non-hydrogen) atoms. The second-order valence-corrected chi connectivity index (χ2v) is 6.66. The first kappa shape index (κ1) is 21.0. The minimum atomic E-state index is -1.22. The Balaban J connectivity index is 2.23. The number of hydrogen-bond acceptors (Lipinski definition) is 8. The molecule has 0 bridgehead atoms. The van der Waals surface area contributed by atoms with Crippen molar-refractivity contribution in [2.75, 3.05) is 21.0 Å². The van der Waals surface area contributed by atoms with Crippen molar-refractivity contribution in [3.8, 4) is 23.0 Å². The number of hydrogen-bond donors (Lipinski definition) is 2. The van der Waals surface area contributed by atoms with Crippen LogP contribution in [0.5, 0.6) is 23.0 Å². The summed E-state index contributed by atoms with van der Waals surface area (Å²) in [6.45, 7) is 0.901. The highest BCUT2D eigenvalue weighted by Gasteiger charge is 2.30. The molecule has 1 aromatic carbocycles. The highest BCUT2D eigenvalue weighted by atomic mass is 16.7. The Kier molecular flexibility index (Phi) is 5.86. The van der Waals surface area contributed by atoms with Crippen LogP contribution in [0.15, 0.2) is 23.0 Å². The zero-order valence-corrected chi connectivity index (χ0v) is 16.6. The van der Waals surface area contributed by atoms with E-state index in [0.717, 1.165) is 4.57 Å². The van der Waals surface area contributed by atoms with Crippen LogP contribution in [0.25, 0.3) is 0 Å². The second kappa shape index (κ2) is 8.36. The number of carboxylic acid groups (broad SMARTS) is 1. The van der Waals surface area contributed by atoms with E-state index in [9.17, 15) is 19.5 Å². The van der Waals surface area contributed by atoms with E-state index in [2.05, 4.69) is 0 Å². The lowest BCUT2D eigenvalue weighted by Gasteiger charge is -2.21. The Labute approximate surface area is 171 Å². The number of fused-ring (bicyclic) bond motifs is 1. The topological polar surface area (TPSA) is 134 Å². The molecule has 1 aromatic heterocycles. The van der Waals surface area contributed by atoms with Gasteiger partial charge in [0.05, 0.1) is 26.2 Å². The molecule has 10 nitrogen and oxygen atoms in total. The summed E-state index contributed by atoms with van der Waals surface area (Å²) in [5, 5.41) is 19.7. The van der Waals surface area contributed by atoms with Crippen LogP contribution in [-0.4, -0.2) is 47.7 Å². The molecule has 0 saturated carbocycles. The predicted molar refractivity (Wildman–Crippen MR) is 102 cm³/mol. The first-order chi connectivity index (χ1) is 14.3. The van der Waals surface area contributed by atoms with Crippen LogP contribution in [0.4, 0.5) is 0 Å². The van der Waals surface area contributed by atoms with Crippen molar-refractivity contribution in [1.82, 2.24) is 4.57 Å². The summed E-state index contributed by atoms with van der Waals surface area (Å²) in [6.07, 6.45) is -0.280. The van der Waals surface area contributed by atoms with Crippen LogP contribution in [0, 0.1) is 6.92 Å². The van der Waals surface area contributed by atoms with Crippen LogP contribution in [-0.2, 0) is 20.9 Å². The zero-order valence-electron chi connectivity index (χ0n) is 16.6. The Morgan fingerprint density at radius 3 is 2.60 bits per heavy atom. The fourth-order valence-corrected chi connectivity index (χ4v) is 3.42. The number of rotatable bonds is 7. The van der Waals surface area contributed by atoms with E-state index < -0.39 is 30.0 Å². The molecule has 0 saturated heterocycles. The SMILES string of the molecule is COC(=O)CC(c1cc(OC)c2c(c1)OCO2)c1c(O)cc(C)n(CC(=O)O)c1=O. The smallest absolute Gasteiger partial charge is 0.323 e. The summed E-state index contributed by atoms with van der Waals surface area (Å²) < 4.78 is 21.9. The van der Waals surface area contributed by atoms with Crippen molar-refractivity contribution in [3.63, 3.8) is 0 Å². The van der Waals surface area contributed by atoms with Gasteiger partial charge in [-0.2, -0.15) is 0 Å². The average molecular weight is 419 g/mol. The molecule has 3 rings (SSSR count). The van der Waals surface area contributed by atoms with E-state index in [0.29, 0.717) is 22.8 Å². The van der Waals surface area contributed by atoms with E-state index in [1.807, 2.05) is 0 Å². The van der Waals surface area contributed by atoms with Crippen LogP contribution in [0.3, 0.4) is 0 Å². The second-order valence-electron chi connectivity index (χ2n) is 6.66. The number of nitrogens with zero attached hydrogens (tertiary/aromatic N) is 1. The molecule has 1 atom stereocenters. The van der Waals surface area contributed by atoms with Gasteiger partial charge in [0, 0.05) is 11.6 Å². The van der Waals surface area contributed by atoms with Crippen LogP contribution >= 0.6 is 0 Å². The molecule has 1 aliphatic rings. The fourth-order valence-electron chi connectivity index (χ4n) is 3.42. The summed E-state index contributed by atoms with van der Waals surface area (Å²) in [7, 11) is 2.64.